The second-order valence-corrected chi connectivity index (χ2v) is 7.59. The summed E-state index contributed by atoms with van der Waals surface area (Å²) in [6.07, 6.45) is 4.42. The van der Waals surface area contributed by atoms with E-state index in [1.165, 1.54) is 12.5 Å². The normalized spacial score (nSPS) is 18.0. The molecule has 0 N–H and O–H groups in total. The Bertz CT molecular complexity index is 836. The van der Waals surface area contributed by atoms with Crippen LogP contribution >= 0.6 is 0 Å². The van der Waals surface area contributed by atoms with Crippen LogP contribution in [0.2, 0.25) is 0 Å². The molecular weight excluding hydrogens is 370 g/mol. The highest BCUT2D eigenvalue weighted by atomic mass is 16.5. The Labute approximate surface area is 170 Å². The zero-order chi connectivity index (χ0) is 20.2. The van der Waals surface area contributed by atoms with Crippen LogP contribution < -0.4 is 9.64 Å². The van der Waals surface area contributed by atoms with Gasteiger partial charge >= 0.3 is 0 Å². The lowest BCUT2D eigenvalue weighted by Gasteiger charge is -2.39. The van der Waals surface area contributed by atoms with Crippen LogP contribution in [0.25, 0.3) is 0 Å². The minimum atomic E-state index is -0.0171. The van der Waals surface area contributed by atoms with E-state index in [1.807, 2.05) is 28.0 Å². The van der Waals surface area contributed by atoms with Gasteiger partial charge in [0, 0.05) is 56.9 Å². The summed E-state index contributed by atoms with van der Waals surface area (Å²) in [4.78, 5) is 31.5. The highest BCUT2D eigenvalue weighted by Gasteiger charge is 2.32. The quantitative estimate of drug-likeness (QED) is 0.793. The number of carbonyl (C=O) groups excluding carboxylic acids is 2. The summed E-state index contributed by atoms with van der Waals surface area (Å²) in [5, 5.41) is 0. The van der Waals surface area contributed by atoms with E-state index in [0.29, 0.717) is 18.7 Å². The number of furan rings is 1. The molecule has 2 saturated heterocycles. The van der Waals surface area contributed by atoms with Gasteiger partial charge in [0.15, 0.2) is 0 Å². The van der Waals surface area contributed by atoms with E-state index in [9.17, 15) is 9.59 Å². The molecule has 2 amide bonds. The SMILES string of the molecule is COc1cccc(N2CCN(C(=O)C3CCN(C(=O)c4ccoc4)CC3)CC2)c1. The van der Waals surface area contributed by atoms with Gasteiger partial charge in [-0.2, -0.15) is 0 Å². The van der Waals surface area contributed by atoms with Crippen LogP contribution in [-0.2, 0) is 4.79 Å². The third kappa shape index (κ3) is 4.23. The molecule has 3 heterocycles. The van der Waals surface area contributed by atoms with E-state index in [0.717, 1.165) is 50.5 Å². The fraction of sp³-hybridized carbons (Fsp3) is 0.455. The van der Waals surface area contributed by atoms with Crippen LogP contribution in [0.3, 0.4) is 0 Å². The van der Waals surface area contributed by atoms with Crippen LogP contribution in [-0.4, -0.2) is 68.0 Å². The van der Waals surface area contributed by atoms with Crippen LogP contribution in [0.1, 0.15) is 23.2 Å². The Hall–Kier alpha value is -2.96. The first-order chi connectivity index (χ1) is 14.2. The van der Waals surface area contributed by atoms with E-state index < -0.39 is 0 Å². The third-order valence-electron chi connectivity index (χ3n) is 5.91. The standard InChI is InChI=1S/C22H27N3O4/c1-28-20-4-2-3-19(15-20)23-10-12-25(13-11-23)21(26)17-5-8-24(9-6-17)22(27)18-7-14-29-16-18/h2-4,7,14-17H,5-6,8-13H2,1H3. The van der Waals surface area contributed by atoms with Crippen molar-refractivity contribution >= 4 is 17.5 Å². The van der Waals surface area contributed by atoms with E-state index >= 15 is 0 Å². The minimum Gasteiger partial charge on any atom is -0.497 e. The summed E-state index contributed by atoms with van der Waals surface area (Å²) in [6, 6.07) is 9.72. The molecule has 0 unspecified atom stereocenters. The number of anilines is 1. The van der Waals surface area contributed by atoms with E-state index in [4.69, 9.17) is 9.15 Å². The lowest BCUT2D eigenvalue weighted by Crippen LogP contribution is -2.52. The largest absolute Gasteiger partial charge is 0.497 e. The molecule has 4 rings (SSSR count). The Morgan fingerprint density at radius 1 is 1.00 bits per heavy atom. The number of likely N-dealkylation sites (tertiary alicyclic amines) is 1. The fourth-order valence-electron chi connectivity index (χ4n) is 4.15. The molecule has 7 nitrogen and oxygen atoms in total. The van der Waals surface area contributed by atoms with E-state index in [-0.39, 0.29) is 17.7 Å². The van der Waals surface area contributed by atoms with Crippen molar-refractivity contribution in [2.45, 2.75) is 12.8 Å². The molecule has 7 heteroatoms. The van der Waals surface area contributed by atoms with E-state index in [2.05, 4.69) is 11.0 Å². The summed E-state index contributed by atoms with van der Waals surface area (Å²) in [6.45, 7) is 4.32. The van der Waals surface area contributed by atoms with Crippen LogP contribution in [0.5, 0.6) is 5.75 Å². The zero-order valence-corrected chi connectivity index (χ0v) is 16.8. The van der Waals surface area contributed by atoms with Gasteiger partial charge in [-0.15, -0.1) is 0 Å². The first kappa shape index (κ1) is 19.4. The molecule has 0 atom stereocenters. The Morgan fingerprint density at radius 3 is 2.41 bits per heavy atom. The maximum absolute atomic E-state index is 13.0. The summed E-state index contributed by atoms with van der Waals surface area (Å²) in [7, 11) is 1.67. The van der Waals surface area contributed by atoms with Crippen molar-refractivity contribution in [3.63, 3.8) is 0 Å². The van der Waals surface area contributed by atoms with Gasteiger partial charge in [-0.1, -0.05) is 6.07 Å². The number of piperidine rings is 1. The molecule has 0 saturated carbocycles. The number of amides is 2. The second kappa shape index (κ2) is 8.59. The average Bonchev–Trinajstić information content (AvgIpc) is 3.33. The van der Waals surface area contributed by atoms with Gasteiger partial charge in [0.2, 0.25) is 5.91 Å². The van der Waals surface area contributed by atoms with Crippen molar-refractivity contribution in [1.29, 1.82) is 0 Å². The Morgan fingerprint density at radius 2 is 1.76 bits per heavy atom. The molecule has 2 aliphatic rings. The number of rotatable bonds is 4. The molecule has 0 bridgehead atoms. The van der Waals surface area contributed by atoms with Crippen molar-refractivity contribution in [1.82, 2.24) is 9.80 Å². The zero-order valence-electron chi connectivity index (χ0n) is 16.8. The number of ether oxygens (including phenoxy) is 1. The second-order valence-electron chi connectivity index (χ2n) is 7.59. The molecule has 2 aliphatic heterocycles. The van der Waals surface area contributed by atoms with Gasteiger partial charge in [0.25, 0.3) is 5.91 Å². The summed E-state index contributed by atoms with van der Waals surface area (Å²) < 4.78 is 10.3. The molecule has 0 spiro atoms. The molecule has 0 radical (unpaired) electrons. The molecule has 2 fully saturated rings. The van der Waals surface area contributed by atoms with Crippen LogP contribution in [0.4, 0.5) is 5.69 Å². The topological polar surface area (TPSA) is 66.2 Å². The smallest absolute Gasteiger partial charge is 0.257 e. The number of hydrogen-bond donors (Lipinski definition) is 0. The molecular formula is C22H27N3O4. The molecule has 29 heavy (non-hydrogen) atoms. The number of hydrogen-bond acceptors (Lipinski definition) is 5. The van der Waals surface area contributed by atoms with Crippen molar-refractivity contribution in [2.75, 3.05) is 51.3 Å². The Kier molecular flexibility index (Phi) is 5.74. The lowest BCUT2D eigenvalue weighted by atomic mass is 9.94. The highest BCUT2D eigenvalue weighted by molar-refractivity contribution is 5.94. The third-order valence-corrected chi connectivity index (χ3v) is 5.91. The highest BCUT2D eigenvalue weighted by Crippen LogP contribution is 2.25. The van der Waals surface area contributed by atoms with Crippen molar-refractivity contribution in [3.05, 3.63) is 48.4 Å². The summed E-state index contributed by atoms with van der Waals surface area (Å²) in [5.74, 6) is 1.06. The molecule has 2 aromatic rings. The lowest BCUT2D eigenvalue weighted by molar-refractivity contribution is -0.137. The number of carbonyl (C=O) groups is 2. The van der Waals surface area contributed by atoms with Gasteiger partial charge < -0.3 is 23.9 Å². The van der Waals surface area contributed by atoms with Crippen molar-refractivity contribution in [3.8, 4) is 5.75 Å². The maximum atomic E-state index is 13.0. The number of piperazine rings is 1. The first-order valence-corrected chi connectivity index (χ1v) is 10.1. The van der Waals surface area contributed by atoms with Crippen molar-refractivity contribution < 1.29 is 18.7 Å². The average molecular weight is 397 g/mol. The molecule has 154 valence electrons. The van der Waals surface area contributed by atoms with Crippen molar-refractivity contribution in [2.24, 2.45) is 5.92 Å². The fourth-order valence-corrected chi connectivity index (χ4v) is 4.15. The monoisotopic (exact) mass is 397 g/mol. The number of methoxy groups -OCH3 is 1. The van der Waals surface area contributed by atoms with Gasteiger partial charge in [-0.3, -0.25) is 9.59 Å². The number of nitrogens with zero attached hydrogens (tertiary/aromatic N) is 3. The molecule has 0 aliphatic carbocycles. The number of benzene rings is 1. The minimum absolute atomic E-state index is 0.00627. The molecule has 1 aromatic carbocycles. The molecule has 1 aromatic heterocycles. The maximum Gasteiger partial charge on any atom is 0.257 e. The predicted molar refractivity (Wildman–Crippen MR) is 109 cm³/mol. The van der Waals surface area contributed by atoms with Crippen LogP contribution in [0, 0.1) is 5.92 Å². The van der Waals surface area contributed by atoms with Gasteiger partial charge in [0.1, 0.15) is 12.0 Å². The Balaban J connectivity index is 1.27. The predicted octanol–water partition coefficient (Wildman–Crippen LogP) is 2.49. The van der Waals surface area contributed by atoms with Gasteiger partial charge in [-0.05, 0) is 31.0 Å². The summed E-state index contributed by atoms with van der Waals surface area (Å²) in [5.41, 5.74) is 1.70. The van der Waals surface area contributed by atoms with E-state index in [1.54, 1.807) is 13.2 Å². The first-order valence-electron chi connectivity index (χ1n) is 10.1. The van der Waals surface area contributed by atoms with Gasteiger partial charge in [0.05, 0.1) is 18.9 Å². The summed E-state index contributed by atoms with van der Waals surface area (Å²) >= 11 is 0. The van der Waals surface area contributed by atoms with Gasteiger partial charge in [-0.25, -0.2) is 0 Å². The van der Waals surface area contributed by atoms with Crippen LogP contribution in [0.15, 0.2) is 47.3 Å².